The average molecular weight is 505 g/mol. The monoisotopic (exact) mass is 504 g/mol. The molecule has 1 aliphatic carbocycles. The number of imidazole rings is 1. The Morgan fingerprint density at radius 1 is 0.974 bits per heavy atom. The molecule has 0 spiro atoms. The summed E-state index contributed by atoms with van der Waals surface area (Å²) in [4.78, 5) is 37.0. The maximum absolute atomic E-state index is 13.9. The Balaban J connectivity index is 1.22. The van der Waals surface area contributed by atoms with Crippen molar-refractivity contribution in [2.24, 2.45) is 13.0 Å². The van der Waals surface area contributed by atoms with Gasteiger partial charge in [-0.3, -0.25) is 14.0 Å². The Bertz CT molecular complexity index is 1700. The highest BCUT2D eigenvalue weighted by Gasteiger charge is 2.32. The van der Waals surface area contributed by atoms with Gasteiger partial charge in [-0.2, -0.15) is 4.98 Å². The van der Waals surface area contributed by atoms with Crippen LogP contribution in [0.3, 0.4) is 0 Å². The first-order valence-corrected chi connectivity index (χ1v) is 13.2. The third-order valence-electron chi connectivity index (χ3n) is 7.76. The van der Waals surface area contributed by atoms with E-state index >= 15 is 0 Å². The summed E-state index contributed by atoms with van der Waals surface area (Å²) in [5.41, 5.74) is 4.78. The predicted molar refractivity (Wildman–Crippen MR) is 146 cm³/mol. The zero-order valence-electron chi connectivity index (χ0n) is 21.2. The molecule has 5 aromatic rings. The van der Waals surface area contributed by atoms with Crippen LogP contribution in [-0.4, -0.2) is 42.2 Å². The number of carbonyl (C=O) groups is 2. The molecule has 3 aromatic heterocycles. The molecule has 1 saturated heterocycles. The summed E-state index contributed by atoms with van der Waals surface area (Å²) >= 11 is 0. The van der Waals surface area contributed by atoms with E-state index in [2.05, 4.69) is 45.6 Å². The van der Waals surface area contributed by atoms with Gasteiger partial charge in [0.25, 0.3) is 5.91 Å². The van der Waals surface area contributed by atoms with Gasteiger partial charge in [-0.1, -0.05) is 36.4 Å². The largest absolute Gasteiger partial charge is 0.350 e. The average Bonchev–Trinajstić information content (AvgIpc) is 3.40. The van der Waals surface area contributed by atoms with Crippen molar-refractivity contribution in [3.63, 3.8) is 0 Å². The van der Waals surface area contributed by atoms with Crippen molar-refractivity contribution in [2.75, 3.05) is 11.9 Å². The minimum atomic E-state index is 0.0212. The SMILES string of the molecule is Cn1cc(C(=O)N2CCCC2c2ccccc2)c2cc(-c3cnc4nc(NC(=O)C5CC5)cn4c3)ccc21. The van der Waals surface area contributed by atoms with Crippen LogP contribution in [0.4, 0.5) is 5.82 Å². The number of hydrogen-bond acceptors (Lipinski definition) is 4. The predicted octanol–water partition coefficient (Wildman–Crippen LogP) is 5.21. The second-order valence-electron chi connectivity index (χ2n) is 10.4. The van der Waals surface area contributed by atoms with Gasteiger partial charge in [0.1, 0.15) is 0 Å². The minimum absolute atomic E-state index is 0.0212. The number of likely N-dealkylation sites (tertiary alicyclic amines) is 1. The Hall–Kier alpha value is -4.46. The first kappa shape index (κ1) is 22.7. The maximum Gasteiger partial charge on any atom is 0.256 e. The fourth-order valence-corrected chi connectivity index (χ4v) is 5.60. The third-order valence-corrected chi connectivity index (χ3v) is 7.76. The van der Waals surface area contributed by atoms with E-state index in [9.17, 15) is 9.59 Å². The number of hydrogen-bond donors (Lipinski definition) is 1. The number of carbonyl (C=O) groups excluding carboxylic acids is 2. The van der Waals surface area contributed by atoms with E-state index in [-0.39, 0.29) is 23.8 Å². The summed E-state index contributed by atoms with van der Waals surface area (Å²) in [7, 11) is 1.98. The van der Waals surface area contributed by atoms with Crippen molar-refractivity contribution >= 4 is 34.3 Å². The highest BCUT2D eigenvalue weighted by Crippen LogP contribution is 2.35. The molecule has 0 bridgehead atoms. The molecule has 190 valence electrons. The van der Waals surface area contributed by atoms with Crippen LogP contribution in [0.5, 0.6) is 0 Å². The maximum atomic E-state index is 13.9. The van der Waals surface area contributed by atoms with Crippen LogP contribution in [-0.2, 0) is 11.8 Å². The van der Waals surface area contributed by atoms with Gasteiger partial charge in [0.05, 0.1) is 17.8 Å². The molecule has 2 aromatic carbocycles. The second kappa shape index (κ2) is 8.83. The molecule has 1 unspecified atom stereocenters. The van der Waals surface area contributed by atoms with Crippen LogP contribution in [0.15, 0.2) is 73.3 Å². The van der Waals surface area contributed by atoms with Crippen LogP contribution in [0, 0.1) is 5.92 Å². The van der Waals surface area contributed by atoms with Crippen molar-refractivity contribution in [1.29, 1.82) is 0 Å². The van der Waals surface area contributed by atoms with Gasteiger partial charge < -0.3 is 14.8 Å². The summed E-state index contributed by atoms with van der Waals surface area (Å²) in [6, 6.07) is 16.6. The first-order valence-electron chi connectivity index (χ1n) is 13.2. The van der Waals surface area contributed by atoms with Crippen molar-refractivity contribution in [2.45, 2.75) is 31.7 Å². The normalized spacial score (nSPS) is 17.4. The number of anilines is 1. The number of benzene rings is 2. The fraction of sp³-hybridized carbons (Fsp3) is 0.267. The van der Waals surface area contributed by atoms with Gasteiger partial charge >= 0.3 is 0 Å². The molecule has 1 N–H and O–H groups in total. The van der Waals surface area contributed by atoms with E-state index < -0.39 is 0 Å². The van der Waals surface area contributed by atoms with Crippen LogP contribution >= 0.6 is 0 Å². The first-order chi connectivity index (χ1) is 18.5. The van der Waals surface area contributed by atoms with Crippen molar-refractivity contribution in [1.82, 2.24) is 23.8 Å². The van der Waals surface area contributed by atoms with Crippen molar-refractivity contribution < 1.29 is 9.59 Å². The number of aromatic nitrogens is 4. The lowest BCUT2D eigenvalue weighted by atomic mass is 10.0. The summed E-state index contributed by atoms with van der Waals surface area (Å²) in [5.74, 6) is 1.24. The molecule has 1 aliphatic heterocycles. The van der Waals surface area contributed by atoms with Gasteiger partial charge in [-0.25, -0.2) is 4.98 Å². The molecule has 1 saturated carbocycles. The lowest BCUT2D eigenvalue weighted by Crippen LogP contribution is -2.30. The van der Waals surface area contributed by atoms with Gasteiger partial charge in [-0.05, 0) is 48.9 Å². The zero-order valence-corrected chi connectivity index (χ0v) is 21.2. The Morgan fingerprint density at radius 2 is 1.82 bits per heavy atom. The van der Waals surface area contributed by atoms with Gasteiger partial charge in [0, 0.05) is 54.6 Å². The van der Waals surface area contributed by atoms with E-state index in [4.69, 9.17) is 0 Å². The van der Waals surface area contributed by atoms with E-state index in [0.29, 0.717) is 17.2 Å². The lowest BCUT2D eigenvalue weighted by Gasteiger charge is -2.25. The molecule has 7 rings (SSSR count). The number of nitrogens with zero attached hydrogens (tertiary/aromatic N) is 5. The molecule has 8 nitrogen and oxygen atoms in total. The number of nitrogens with one attached hydrogen (secondary N) is 1. The molecule has 2 aliphatic rings. The fourth-order valence-electron chi connectivity index (χ4n) is 5.60. The van der Waals surface area contributed by atoms with E-state index in [1.807, 2.05) is 51.5 Å². The molecule has 4 heterocycles. The van der Waals surface area contributed by atoms with Crippen molar-refractivity contribution in [3.8, 4) is 11.1 Å². The summed E-state index contributed by atoms with van der Waals surface area (Å²) in [5, 5.41) is 3.81. The highest BCUT2D eigenvalue weighted by atomic mass is 16.2. The van der Waals surface area contributed by atoms with Gasteiger partial charge in [-0.15, -0.1) is 0 Å². The smallest absolute Gasteiger partial charge is 0.256 e. The van der Waals surface area contributed by atoms with E-state index in [1.54, 1.807) is 12.4 Å². The number of fused-ring (bicyclic) bond motifs is 2. The van der Waals surface area contributed by atoms with Crippen LogP contribution in [0.1, 0.15) is 47.6 Å². The topological polar surface area (TPSA) is 84.5 Å². The van der Waals surface area contributed by atoms with Gasteiger partial charge in [0.15, 0.2) is 5.82 Å². The minimum Gasteiger partial charge on any atom is -0.350 e. The molecular weight excluding hydrogens is 476 g/mol. The molecule has 0 radical (unpaired) electrons. The molecule has 2 amide bonds. The Labute approximate surface area is 219 Å². The molecule has 38 heavy (non-hydrogen) atoms. The van der Waals surface area contributed by atoms with Crippen LogP contribution < -0.4 is 5.32 Å². The lowest BCUT2D eigenvalue weighted by molar-refractivity contribution is -0.117. The highest BCUT2D eigenvalue weighted by molar-refractivity contribution is 6.08. The van der Waals surface area contributed by atoms with Gasteiger partial charge in [0.2, 0.25) is 11.7 Å². The summed E-state index contributed by atoms with van der Waals surface area (Å²) in [6.45, 7) is 0.759. The quantitative estimate of drug-likeness (QED) is 0.356. The number of rotatable bonds is 5. The Kier molecular flexibility index (Phi) is 5.28. The standard InChI is InChI=1S/C30H28N6O2/c1-34-17-24(29(38)36-13-5-8-25(36)19-6-3-2-4-7-19)23-14-21(11-12-26(23)34)22-15-31-30-33-27(18-35(30)16-22)32-28(37)20-9-10-20/h2-4,6-7,11-12,14-18,20,25H,5,8-10,13H2,1H3,(H,32,37). The van der Waals surface area contributed by atoms with Crippen LogP contribution in [0.2, 0.25) is 0 Å². The second-order valence-corrected chi connectivity index (χ2v) is 10.4. The van der Waals surface area contributed by atoms with Crippen molar-refractivity contribution in [3.05, 3.63) is 84.4 Å². The molecular formula is C30H28N6O2. The molecule has 1 atom stereocenters. The van der Waals surface area contributed by atoms with E-state index in [1.165, 1.54) is 5.56 Å². The zero-order chi connectivity index (χ0) is 25.8. The molecule has 2 fully saturated rings. The molecule has 8 heteroatoms. The summed E-state index contributed by atoms with van der Waals surface area (Å²) < 4.78 is 3.85. The Morgan fingerprint density at radius 3 is 2.63 bits per heavy atom. The number of amides is 2. The number of aryl methyl sites for hydroxylation is 1. The summed E-state index contributed by atoms with van der Waals surface area (Å²) in [6.07, 6.45) is 11.3. The third kappa shape index (κ3) is 3.93. The van der Waals surface area contributed by atoms with E-state index in [0.717, 1.165) is 54.3 Å². The van der Waals surface area contributed by atoms with Crippen LogP contribution in [0.25, 0.3) is 27.8 Å².